The molecule has 9 nitrogen and oxygen atoms in total. The van der Waals surface area contributed by atoms with Gasteiger partial charge in [0.2, 0.25) is 5.88 Å². The molecule has 38 heavy (non-hydrogen) atoms. The van der Waals surface area contributed by atoms with Gasteiger partial charge in [0.05, 0.1) is 11.9 Å². The number of benzene rings is 1. The molecule has 4 heterocycles. The Balaban J connectivity index is 1.07. The van der Waals surface area contributed by atoms with Gasteiger partial charge >= 0.3 is 6.09 Å². The average Bonchev–Trinajstić information content (AvgIpc) is 3.45. The quantitative estimate of drug-likeness (QED) is 0.430. The van der Waals surface area contributed by atoms with Crippen LogP contribution in [0.1, 0.15) is 54.9 Å². The lowest BCUT2D eigenvalue weighted by molar-refractivity contribution is 0.102. The topological polar surface area (TPSA) is 103 Å². The van der Waals surface area contributed by atoms with Crippen LogP contribution in [0, 0.1) is 0 Å². The molecule has 2 saturated heterocycles. The van der Waals surface area contributed by atoms with Crippen LogP contribution in [0.25, 0.3) is 0 Å². The van der Waals surface area contributed by atoms with E-state index in [4.69, 9.17) is 4.74 Å². The highest BCUT2D eigenvalue weighted by atomic mass is 32.2. The lowest BCUT2D eigenvalue weighted by Crippen LogP contribution is -2.41. The number of H-pyrrole nitrogens is 1. The Morgan fingerprint density at radius 1 is 1.05 bits per heavy atom. The van der Waals surface area contributed by atoms with E-state index in [-0.39, 0.29) is 11.8 Å². The molecule has 2 aliphatic heterocycles. The predicted molar refractivity (Wildman–Crippen MR) is 147 cm³/mol. The Hall–Kier alpha value is -3.37. The van der Waals surface area contributed by atoms with Gasteiger partial charge in [-0.05, 0) is 62.9 Å². The fourth-order valence-corrected chi connectivity index (χ4v) is 5.91. The van der Waals surface area contributed by atoms with Crippen molar-refractivity contribution in [3.8, 4) is 5.88 Å². The lowest BCUT2D eigenvalue weighted by atomic mass is 10.0. The average molecular weight is 535 g/mol. The van der Waals surface area contributed by atoms with Crippen LogP contribution in [-0.2, 0) is 6.54 Å². The molecule has 1 aromatic carbocycles. The number of piperidine rings is 2. The van der Waals surface area contributed by atoms with Gasteiger partial charge in [0.1, 0.15) is 0 Å². The van der Waals surface area contributed by atoms with E-state index in [0.717, 1.165) is 31.1 Å². The number of hydrogen-bond acceptors (Lipinski definition) is 7. The highest BCUT2D eigenvalue weighted by Gasteiger charge is 2.25. The molecule has 0 bridgehead atoms. The number of nitrogens with one attached hydrogen (secondary N) is 2. The van der Waals surface area contributed by atoms with Crippen molar-refractivity contribution in [2.24, 2.45) is 0 Å². The van der Waals surface area contributed by atoms with Crippen molar-refractivity contribution in [2.45, 2.75) is 62.0 Å². The first-order valence-corrected chi connectivity index (χ1v) is 14.1. The largest absolute Gasteiger partial charge is 0.416 e. The molecular weight excluding hydrogens is 500 g/mol. The number of amides is 2. The van der Waals surface area contributed by atoms with Crippen LogP contribution in [0.3, 0.4) is 0 Å². The summed E-state index contributed by atoms with van der Waals surface area (Å²) in [5.41, 5.74) is 2.34. The second-order valence-corrected chi connectivity index (χ2v) is 11.2. The minimum absolute atomic E-state index is 0.204. The van der Waals surface area contributed by atoms with Crippen LogP contribution in [-0.4, -0.2) is 67.7 Å². The van der Waals surface area contributed by atoms with Gasteiger partial charge in [0.25, 0.3) is 5.91 Å². The van der Waals surface area contributed by atoms with Crippen LogP contribution < -0.4 is 10.1 Å². The molecule has 1 atom stereocenters. The number of nitrogens with zero attached hydrogens (tertiary/aromatic N) is 4. The van der Waals surface area contributed by atoms with Gasteiger partial charge in [0, 0.05) is 54.9 Å². The van der Waals surface area contributed by atoms with Gasteiger partial charge < -0.3 is 19.9 Å². The van der Waals surface area contributed by atoms with Crippen molar-refractivity contribution >= 4 is 29.4 Å². The molecule has 5 rings (SSSR count). The maximum atomic E-state index is 12.7. The molecule has 2 amide bonds. The summed E-state index contributed by atoms with van der Waals surface area (Å²) in [4.78, 5) is 41.1. The van der Waals surface area contributed by atoms with Crippen LogP contribution in [0.4, 0.5) is 10.5 Å². The second kappa shape index (κ2) is 12.4. The maximum Gasteiger partial charge on any atom is 0.416 e. The van der Waals surface area contributed by atoms with Crippen LogP contribution >= 0.6 is 11.8 Å². The van der Waals surface area contributed by atoms with Crippen LogP contribution in [0.15, 0.2) is 60.1 Å². The van der Waals surface area contributed by atoms with E-state index in [2.05, 4.69) is 32.1 Å². The first-order valence-electron chi connectivity index (χ1n) is 13.3. The molecule has 2 N–H and O–H groups in total. The fraction of sp³-hybridized carbons (Fsp3) is 0.429. The predicted octanol–water partition coefficient (Wildman–Crippen LogP) is 5.19. The number of anilines is 1. The molecule has 0 spiro atoms. The minimum Gasteiger partial charge on any atom is -0.391 e. The molecule has 10 heteroatoms. The molecular formula is C28H34N6O3S. The maximum absolute atomic E-state index is 12.7. The van der Waals surface area contributed by atoms with Gasteiger partial charge in [-0.3, -0.25) is 9.69 Å². The third kappa shape index (κ3) is 6.93. The van der Waals surface area contributed by atoms with E-state index in [1.165, 1.54) is 31.0 Å². The number of pyridine rings is 1. The van der Waals surface area contributed by atoms with E-state index in [0.29, 0.717) is 35.6 Å². The van der Waals surface area contributed by atoms with Crippen molar-refractivity contribution in [1.82, 2.24) is 24.8 Å². The zero-order chi connectivity index (χ0) is 26.3. The van der Waals surface area contributed by atoms with Crippen molar-refractivity contribution in [1.29, 1.82) is 0 Å². The van der Waals surface area contributed by atoms with Gasteiger partial charge in [-0.25, -0.2) is 14.8 Å². The van der Waals surface area contributed by atoms with E-state index < -0.39 is 6.09 Å². The zero-order valence-electron chi connectivity index (χ0n) is 21.6. The number of hydrogen-bond donors (Lipinski definition) is 2. The first-order chi connectivity index (χ1) is 18.5. The van der Waals surface area contributed by atoms with Gasteiger partial charge in [-0.1, -0.05) is 30.3 Å². The molecule has 0 aliphatic carbocycles. The summed E-state index contributed by atoms with van der Waals surface area (Å²) >= 11 is 1.71. The number of aromatic amines is 1. The van der Waals surface area contributed by atoms with Crippen molar-refractivity contribution in [3.05, 3.63) is 66.1 Å². The van der Waals surface area contributed by atoms with E-state index >= 15 is 0 Å². The SMILES string of the molecule is CC1CCCCN1Cc1ccc(C(=O)Nc2ccc(OC(=O)N3CCC(Sc4ncc[nH]4)CC3)nc2)cc1. The summed E-state index contributed by atoms with van der Waals surface area (Å²) in [6, 6.07) is 11.6. The molecule has 2 aliphatic rings. The summed E-state index contributed by atoms with van der Waals surface area (Å²) in [5.74, 6) is 0.00102. The molecule has 0 saturated carbocycles. The Morgan fingerprint density at radius 3 is 2.55 bits per heavy atom. The van der Waals surface area contributed by atoms with Gasteiger partial charge in [-0.2, -0.15) is 0 Å². The number of carbonyl (C=O) groups excluding carboxylic acids is 2. The van der Waals surface area contributed by atoms with Crippen LogP contribution in [0.2, 0.25) is 0 Å². The molecule has 3 aromatic rings. The number of imidazole rings is 1. The van der Waals surface area contributed by atoms with Gasteiger partial charge in [-0.15, -0.1) is 0 Å². The lowest BCUT2D eigenvalue weighted by Gasteiger charge is -2.33. The Labute approximate surface area is 227 Å². The standard InChI is InChI=1S/C28H34N6O3S/c1-20-4-2-3-15-34(20)19-21-5-7-22(8-6-21)26(35)32-23-9-10-25(31-18-23)37-28(36)33-16-11-24(12-17-33)38-27-29-13-14-30-27/h5-10,13-14,18,20,24H,2-4,11-12,15-17,19H2,1H3,(H,29,30)(H,32,35). The molecule has 1 unspecified atom stereocenters. The Morgan fingerprint density at radius 2 is 1.87 bits per heavy atom. The number of likely N-dealkylation sites (tertiary alicyclic amines) is 2. The number of rotatable bonds is 7. The zero-order valence-corrected chi connectivity index (χ0v) is 22.5. The van der Waals surface area contributed by atoms with Crippen molar-refractivity contribution in [2.75, 3.05) is 25.0 Å². The third-order valence-electron chi connectivity index (χ3n) is 7.18. The van der Waals surface area contributed by atoms with E-state index in [1.54, 1.807) is 35.0 Å². The minimum atomic E-state index is -0.408. The number of ether oxygens (including phenoxy) is 1. The third-order valence-corrected chi connectivity index (χ3v) is 8.43. The summed E-state index contributed by atoms with van der Waals surface area (Å²) in [6.07, 6.45) is 10.2. The molecule has 2 fully saturated rings. The number of aromatic nitrogens is 3. The monoisotopic (exact) mass is 534 g/mol. The highest BCUT2D eigenvalue weighted by Crippen LogP contribution is 2.28. The summed E-state index contributed by atoms with van der Waals surface area (Å²) in [6.45, 7) is 5.58. The van der Waals surface area contributed by atoms with Crippen molar-refractivity contribution in [3.63, 3.8) is 0 Å². The fourth-order valence-electron chi connectivity index (χ4n) is 4.89. The van der Waals surface area contributed by atoms with Crippen LogP contribution in [0.5, 0.6) is 5.88 Å². The highest BCUT2D eigenvalue weighted by molar-refractivity contribution is 7.99. The van der Waals surface area contributed by atoms with E-state index in [9.17, 15) is 9.59 Å². The summed E-state index contributed by atoms with van der Waals surface area (Å²) in [7, 11) is 0. The van der Waals surface area contributed by atoms with E-state index in [1.807, 2.05) is 30.5 Å². The van der Waals surface area contributed by atoms with Crippen molar-refractivity contribution < 1.29 is 14.3 Å². The Kier molecular flexibility index (Phi) is 8.60. The van der Waals surface area contributed by atoms with Gasteiger partial charge in [0.15, 0.2) is 5.16 Å². The molecule has 2 aromatic heterocycles. The Bertz CT molecular complexity index is 1190. The number of thioether (sulfide) groups is 1. The first kappa shape index (κ1) is 26.2. The number of carbonyl (C=O) groups is 2. The second-order valence-electron chi connectivity index (χ2n) is 9.92. The summed E-state index contributed by atoms with van der Waals surface area (Å²) < 4.78 is 5.46. The normalized spacial score (nSPS) is 18.8. The summed E-state index contributed by atoms with van der Waals surface area (Å²) in [5, 5.41) is 4.18. The smallest absolute Gasteiger partial charge is 0.391 e. The molecule has 0 radical (unpaired) electrons. The molecule has 200 valence electrons.